The van der Waals surface area contributed by atoms with Gasteiger partial charge in [0.1, 0.15) is 12.6 Å². The zero-order chi connectivity index (χ0) is 12.8. The molecule has 1 saturated heterocycles. The molecule has 0 spiro atoms. The normalized spacial score (nSPS) is 20.6. The van der Waals surface area contributed by atoms with E-state index in [0.717, 1.165) is 25.0 Å². The van der Waals surface area contributed by atoms with Crippen LogP contribution in [0.1, 0.15) is 18.4 Å². The van der Waals surface area contributed by atoms with Crippen molar-refractivity contribution in [2.45, 2.75) is 31.4 Å². The Bertz CT molecular complexity index is 374. The summed E-state index contributed by atoms with van der Waals surface area (Å²) < 4.78 is 10.6. The summed E-state index contributed by atoms with van der Waals surface area (Å²) in [6.07, 6.45) is 2.56. The summed E-state index contributed by atoms with van der Waals surface area (Å²) in [4.78, 5) is 11.7. The molecule has 1 aromatic rings. The second-order valence-corrected chi connectivity index (χ2v) is 4.56. The molecule has 0 saturated carbocycles. The van der Waals surface area contributed by atoms with Crippen LogP contribution in [0.5, 0.6) is 0 Å². The lowest BCUT2D eigenvalue weighted by atomic mass is 10.1. The van der Waals surface area contributed by atoms with E-state index in [1.54, 1.807) is 0 Å². The zero-order valence-corrected chi connectivity index (χ0v) is 10.4. The molecule has 4 nitrogen and oxygen atoms in total. The first-order valence-corrected chi connectivity index (χ1v) is 6.33. The maximum atomic E-state index is 11.7. The molecule has 18 heavy (non-hydrogen) atoms. The number of hydrogen-bond donors (Lipinski definition) is 1. The molecule has 4 heteroatoms. The van der Waals surface area contributed by atoms with Gasteiger partial charge in [0.25, 0.3) is 0 Å². The second kappa shape index (κ2) is 6.52. The Hall–Kier alpha value is -1.39. The minimum absolute atomic E-state index is 0.0536. The van der Waals surface area contributed by atoms with Gasteiger partial charge in [0, 0.05) is 6.61 Å². The van der Waals surface area contributed by atoms with Crippen LogP contribution in [0.25, 0.3) is 0 Å². The van der Waals surface area contributed by atoms with Crippen molar-refractivity contribution >= 4 is 5.97 Å². The van der Waals surface area contributed by atoms with Crippen LogP contribution in [0, 0.1) is 0 Å². The minimum atomic E-state index is -0.603. The quantitative estimate of drug-likeness (QED) is 0.798. The van der Waals surface area contributed by atoms with Crippen LogP contribution in [0.4, 0.5) is 0 Å². The van der Waals surface area contributed by atoms with Gasteiger partial charge < -0.3 is 15.2 Å². The third-order valence-electron chi connectivity index (χ3n) is 3.04. The lowest BCUT2D eigenvalue weighted by molar-refractivity contribution is -0.148. The maximum absolute atomic E-state index is 11.7. The lowest BCUT2D eigenvalue weighted by Crippen LogP contribution is -2.35. The van der Waals surface area contributed by atoms with Crippen molar-refractivity contribution in [1.29, 1.82) is 0 Å². The van der Waals surface area contributed by atoms with Gasteiger partial charge in [-0.3, -0.25) is 4.79 Å². The highest BCUT2D eigenvalue weighted by molar-refractivity contribution is 5.75. The summed E-state index contributed by atoms with van der Waals surface area (Å²) in [5.74, 6) is -0.352. The van der Waals surface area contributed by atoms with Crippen LogP contribution in [0.15, 0.2) is 30.3 Å². The summed E-state index contributed by atoms with van der Waals surface area (Å²) in [7, 11) is 0. The smallest absolute Gasteiger partial charge is 0.323 e. The Morgan fingerprint density at radius 3 is 2.89 bits per heavy atom. The monoisotopic (exact) mass is 249 g/mol. The molecule has 1 aromatic carbocycles. The standard InChI is InChI=1S/C14H19NO3/c15-13(9-11-5-2-1-3-6-11)14(16)18-10-12-7-4-8-17-12/h1-3,5-6,12-13H,4,7-10,15H2. The molecule has 0 aliphatic carbocycles. The summed E-state index contributed by atoms with van der Waals surface area (Å²) in [6.45, 7) is 1.08. The van der Waals surface area contributed by atoms with E-state index in [0.29, 0.717) is 13.0 Å². The fraction of sp³-hybridized carbons (Fsp3) is 0.500. The van der Waals surface area contributed by atoms with E-state index < -0.39 is 6.04 Å². The largest absolute Gasteiger partial charge is 0.462 e. The molecule has 1 aliphatic heterocycles. The van der Waals surface area contributed by atoms with Crippen LogP contribution in [0.3, 0.4) is 0 Å². The fourth-order valence-corrected chi connectivity index (χ4v) is 2.01. The molecule has 2 unspecified atom stereocenters. The maximum Gasteiger partial charge on any atom is 0.323 e. The third-order valence-corrected chi connectivity index (χ3v) is 3.04. The molecule has 1 aliphatic rings. The van der Waals surface area contributed by atoms with Crippen molar-refractivity contribution < 1.29 is 14.3 Å². The van der Waals surface area contributed by atoms with E-state index >= 15 is 0 Å². The molecular weight excluding hydrogens is 230 g/mol. The van der Waals surface area contributed by atoms with Crippen LogP contribution in [0.2, 0.25) is 0 Å². The van der Waals surface area contributed by atoms with E-state index in [2.05, 4.69) is 0 Å². The summed E-state index contributed by atoms with van der Waals surface area (Å²) in [5.41, 5.74) is 6.86. The van der Waals surface area contributed by atoms with Crippen molar-refractivity contribution in [1.82, 2.24) is 0 Å². The van der Waals surface area contributed by atoms with Crippen molar-refractivity contribution in [3.05, 3.63) is 35.9 Å². The van der Waals surface area contributed by atoms with Gasteiger partial charge in [-0.15, -0.1) is 0 Å². The van der Waals surface area contributed by atoms with Gasteiger partial charge in [-0.1, -0.05) is 30.3 Å². The number of rotatable bonds is 5. The van der Waals surface area contributed by atoms with Crippen molar-refractivity contribution in [2.24, 2.45) is 5.73 Å². The number of ether oxygens (including phenoxy) is 2. The predicted octanol–water partition coefficient (Wildman–Crippen LogP) is 1.28. The SMILES string of the molecule is NC(Cc1ccccc1)C(=O)OCC1CCCO1. The molecule has 0 radical (unpaired) electrons. The van der Waals surface area contributed by atoms with E-state index in [-0.39, 0.29) is 12.1 Å². The van der Waals surface area contributed by atoms with Gasteiger partial charge in [-0.2, -0.15) is 0 Å². The molecule has 2 rings (SSSR count). The molecule has 2 atom stereocenters. The number of esters is 1. The average Bonchev–Trinajstić information content (AvgIpc) is 2.90. The molecule has 0 aromatic heterocycles. The second-order valence-electron chi connectivity index (χ2n) is 4.56. The molecule has 2 N–H and O–H groups in total. The highest BCUT2D eigenvalue weighted by Crippen LogP contribution is 2.12. The molecule has 1 heterocycles. The van der Waals surface area contributed by atoms with Gasteiger partial charge in [-0.05, 0) is 24.8 Å². The van der Waals surface area contributed by atoms with Gasteiger partial charge >= 0.3 is 5.97 Å². The number of carbonyl (C=O) groups excluding carboxylic acids is 1. The van der Waals surface area contributed by atoms with Crippen LogP contribution in [-0.2, 0) is 20.7 Å². The first kappa shape index (κ1) is 13.1. The van der Waals surface area contributed by atoms with Crippen molar-refractivity contribution in [2.75, 3.05) is 13.2 Å². The highest BCUT2D eigenvalue weighted by Gasteiger charge is 2.20. The molecular formula is C14H19NO3. The van der Waals surface area contributed by atoms with Crippen molar-refractivity contribution in [3.8, 4) is 0 Å². The minimum Gasteiger partial charge on any atom is -0.462 e. The first-order chi connectivity index (χ1) is 8.75. The number of benzene rings is 1. The lowest BCUT2D eigenvalue weighted by Gasteiger charge is -2.14. The molecule has 0 amide bonds. The van der Waals surface area contributed by atoms with Gasteiger partial charge in [0.2, 0.25) is 0 Å². The van der Waals surface area contributed by atoms with E-state index in [1.165, 1.54) is 0 Å². The van der Waals surface area contributed by atoms with E-state index in [4.69, 9.17) is 15.2 Å². The summed E-state index contributed by atoms with van der Waals surface area (Å²) in [5, 5.41) is 0. The highest BCUT2D eigenvalue weighted by atomic mass is 16.6. The Morgan fingerprint density at radius 2 is 2.22 bits per heavy atom. The van der Waals surface area contributed by atoms with Gasteiger partial charge in [0.05, 0.1) is 6.10 Å². The summed E-state index contributed by atoms with van der Waals surface area (Å²) in [6, 6.07) is 9.10. The average molecular weight is 249 g/mol. The number of nitrogens with two attached hydrogens (primary N) is 1. The fourth-order valence-electron chi connectivity index (χ4n) is 2.01. The number of hydrogen-bond acceptors (Lipinski definition) is 4. The molecule has 98 valence electrons. The topological polar surface area (TPSA) is 61.6 Å². The van der Waals surface area contributed by atoms with E-state index in [9.17, 15) is 4.79 Å². The Kier molecular flexibility index (Phi) is 4.73. The number of carbonyl (C=O) groups is 1. The Labute approximate surface area is 107 Å². The molecule has 1 fully saturated rings. The van der Waals surface area contributed by atoms with Crippen LogP contribution < -0.4 is 5.73 Å². The first-order valence-electron chi connectivity index (χ1n) is 6.33. The van der Waals surface area contributed by atoms with Gasteiger partial charge in [-0.25, -0.2) is 0 Å². The van der Waals surface area contributed by atoms with Gasteiger partial charge in [0.15, 0.2) is 0 Å². The van der Waals surface area contributed by atoms with E-state index in [1.807, 2.05) is 30.3 Å². The van der Waals surface area contributed by atoms with Crippen molar-refractivity contribution in [3.63, 3.8) is 0 Å². The zero-order valence-electron chi connectivity index (χ0n) is 10.4. The molecule has 0 bridgehead atoms. The Morgan fingerprint density at radius 1 is 1.44 bits per heavy atom. The third kappa shape index (κ3) is 3.82. The Balaban J connectivity index is 1.74. The predicted molar refractivity (Wildman–Crippen MR) is 68.1 cm³/mol. The summed E-state index contributed by atoms with van der Waals surface area (Å²) >= 11 is 0. The van der Waals surface area contributed by atoms with Crippen LogP contribution in [-0.4, -0.2) is 31.3 Å². The van der Waals surface area contributed by atoms with Crippen LogP contribution >= 0.6 is 0 Å².